The van der Waals surface area contributed by atoms with Gasteiger partial charge in [0.1, 0.15) is 18.5 Å². The molecule has 1 N–H and O–H groups in total. The van der Waals surface area contributed by atoms with Crippen LogP contribution in [0.1, 0.15) is 44.2 Å². The van der Waals surface area contributed by atoms with E-state index in [9.17, 15) is 19.2 Å². The fourth-order valence-corrected chi connectivity index (χ4v) is 4.54. The molecule has 0 saturated carbocycles. The quantitative estimate of drug-likeness (QED) is 0.312. The first-order valence-electron chi connectivity index (χ1n) is 13.0. The van der Waals surface area contributed by atoms with Gasteiger partial charge in [0, 0.05) is 11.8 Å². The molecule has 1 aliphatic heterocycles. The monoisotopic (exact) mass is 571 g/mol. The minimum absolute atomic E-state index is 0.0518. The van der Waals surface area contributed by atoms with Gasteiger partial charge in [-0.25, -0.2) is 18.8 Å². The van der Waals surface area contributed by atoms with Crippen LogP contribution in [0.3, 0.4) is 0 Å². The van der Waals surface area contributed by atoms with Crippen LogP contribution >= 0.6 is 0 Å². The molecule has 2 heterocycles. The van der Waals surface area contributed by atoms with Crippen molar-refractivity contribution >= 4 is 23.7 Å². The Labute approximate surface area is 239 Å². The van der Waals surface area contributed by atoms with Crippen LogP contribution in [0, 0.1) is 0 Å². The van der Waals surface area contributed by atoms with Crippen molar-refractivity contribution in [2.45, 2.75) is 31.0 Å². The van der Waals surface area contributed by atoms with E-state index in [0.717, 1.165) is 11.5 Å². The Kier molecular flexibility index (Phi) is 8.21. The Balaban J connectivity index is 1.39. The molecule has 1 saturated heterocycles. The first-order valence-corrected chi connectivity index (χ1v) is 13.0. The molecule has 3 aromatic carbocycles. The number of rotatable bonds is 8. The Hall–Kier alpha value is -5.16. The Morgan fingerprint density at radius 2 is 1.43 bits per heavy atom. The Morgan fingerprint density at radius 1 is 0.881 bits per heavy atom. The predicted octanol–water partition coefficient (Wildman–Crippen LogP) is 4.20. The van der Waals surface area contributed by atoms with E-state index in [-0.39, 0.29) is 16.9 Å². The second-order valence-electron chi connectivity index (χ2n) is 9.66. The molecule has 4 atom stereocenters. The molecule has 1 unspecified atom stereocenters. The number of hydrogen-bond donors (Lipinski definition) is 1. The first kappa shape index (κ1) is 28.4. The molecule has 0 aliphatic carbocycles. The van der Waals surface area contributed by atoms with Crippen molar-refractivity contribution < 1.29 is 33.0 Å². The zero-order valence-corrected chi connectivity index (χ0v) is 22.4. The smallest absolute Gasteiger partial charge is 0.351 e. The zero-order chi connectivity index (χ0) is 29.7. The molecule has 1 fully saturated rings. The van der Waals surface area contributed by atoms with Crippen LogP contribution in [0.15, 0.2) is 108 Å². The molecule has 5 rings (SSSR count). The number of carbonyl (C=O) groups is 3. The third-order valence-electron chi connectivity index (χ3n) is 6.67. The average molecular weight is 572 g/mol. The second-order valence-corrected chi connectivity index (χ2v) is 9.66. The van der Waals surface area contributed by atoms with Gasteiger partial charge in [0.15, 0.2) is 18.0 Å². The van der Waals surface area contributed by atoms with Crippen molar-refractivity contribution in [1.29, 1.82) is 0 Å². The number of nitrogens with zero attached hydrogens (tertiary/aromatic N) is 2. The first-order chi connectivity index (χ1) is 20.2. The topological polar surface area (TPSA) is 126 Å². The van der Waals surface area contributed by atoms with E-state index < -0.39 is 54.2 Å². The summed E-state index contributed by atoms with van der Waals surface area (Å²) >= 11 is 0. The van der Waals surface area contributed by atoms with E-state index in [4.69, 9.17) is 14.2 Å². The fraction of sp³-hybridized carbons (Fsp3) is 0.194. The van der Waals surface area contributed by atoms with E-state index in [1.807, 2.05) is 0 Å². The highest BCUT2D eigenvalue weighted by Gasteiger charge is 2.58. The van der Waals surface area contributed by atoms with Gasteiger partial charge in [0.25, 0.3) is 5.91 Å². The van der Waals surface area contributed by atoms with Gasteiger partial charge in [-0.05, 0) is 49.4 Å². The summed E-state index contributed by atoms with van der Waals surface area (Å²) in [6.45, 7) is 0.654. The molecule has 214 valence electrons. The molecule has 4 aromatic rings. The van der Waals surface area contributed by atoms with E-state index in [0.29, 0.717) is 5.56 Å². The average Bonchev–Trinajstić information content (AvgIpc) is 3.25. The van der Waals surface area contributed by atoms with Crippen molar-refractivity contribution in [1.82, 2.24) is 9.55 Å². The van der Waals surface area contributed by atoms with Gasteiger partial charge >= 0.3 is 17.6 Å². The second kappa shape index (κ2) is 12.1. The number of halogens is 1. The summed E-state index contributed by atoms with van der Waals surface area (Å²) < 4.78 is 34.2. The van der Waals surface area contributed by atoms with E-state index in [2.05, 4.69) is 10.3 Å². The summed E-state index contributed by atoms with van der Waals surface area (Å²) in [5.74, 6) is -2.05. The van der Waals surface area contributed by atoms with Crippen LogP contribution in [0.4, 0.5) is 10.2 Å². The van der Waals surface area contributed by atoms with Crippen molar-refractivity contribution in [3.05, 3.63) is 130 Å². The summed E-state index contributed by atoms with van der Waals surface area (Å²) in [7, 11) is 0. The number of esters is 2. The molecule has 1 amide bonds. The molecule has 0 spiro atoms. The number of amides is 1. The largest absolute Gasteiger partial charge is 0.459 e. The van der Waals surface area contributed by atoms with Gasteiger partial charge in [0.2, 0.25) is 0 Å². The highest BCUT2D eigenvalue weighted by atomic mass is 19.1. The highest BCUT2D eigenvalue weighted by Crippen LogP contribution is 2.43. The lowest BCUT2D eigenvalue weighted by Crippen LogP contribution is -2.45. The van der Waals surface area contributed by atoms with Crippen LogP contribution in [0.5, 0.6) is 0 Å². The minimum atomic E-state index is -2.46. The van der Waals surface area contributed by atoms with Crippen molar-refractivity contribution in [2.24, 2.45) is 0 Å². The van der Waals surface area contributed by atoms with Crippen molar-refractivity contribution in [3.63, 3.8) is 0 Å². The maximum atomic E-state index is 16.5. The van der Waals surface area contributed by atoms with Crippen LogP contribution < -0.4 is 11.0 Å². The normalized spacial score (nSPS) is 21.3. The van der Waals surface area contributed by atoms with Gasteiger partial charge in [-0.1, -0.05) is 54.6 Å². The maximum absolute atomic E-state index is 16.5. The molecule has 1 aliphatic rings. The van der Waals surface area contributed by atoms with Gasteiger partial charge in [-0.15, -0.1) is 0 Å². The van der Waals surface area contributed by atoms with Crippen LogP contribution in [0.2, 0.25) is 0 Å². The van der Waals surface area contributed by atoms with Gasteiger partial charge in [-0.3, -0.25) is 9.36 Å². The lowest BCUT2D eigenvalue weighted by molar-refractivity contribution is -0.0648. The van der Waals surface area contributed by atoms with Crippen LogP contribution in [-0.4, -0.2) is 51.9 Å². The summed E-state index contributed by atoms with van der Waals surface area (Å²) in [4.78, 5) is 54.8. The van der Waals surface area contributed by atoms with Gasteiger partial charge < -0.3 is 19.5 Å². The Bertz CT molecular complexity index is 1630. The van der Waals surface area contributed by atoms with Crippen LogP contribution in [0.25, 0.3) is 0 Å². The number of aromatic nitrogens is 2. The van der Waals surface area contributed by atoms with Crippen LogP contribution in [-0.2, 0) is 14.2 Å². The van der Waals surface area contributed by atoms with Crippen molar-refractivity contribution in [2.75, 3.05) is 11.9 Å². The fourth-order valence-electron chi connectivity index (χ4n) is 4.54. The summed E-state index contributed by atoms with van der Waals surface area (Å²) in [6.07, 6.45) is -3.23. The molecule has 1 aromatic heterocycles. The lowest BCUT2D eigenvalue weighted by atomic mass is 9.98. The number of hydrogen-bond acceptors (Lipinski definition) is 8. The van der Waals surface area contributed by atoms with Crippen molar-refractivity contribution in [3.8, 4) is 0 Å². The SMILES string of the molecule is C[C@]1(F)C(OC(=O)c2ccccc2)[C@@H](COC(=O)c2ccccc2)O[C@@H]1n1ccc(NC(=O)c2ccccc2)nc1=O. The van der Waals surface area contributed by atoms with E-state index >= 15 is 4.39 Å². The minimum Gasteiger partial charge on any atom is -0.459 e. The predicted molar refractivity (Wildman–Crippen MR) is 149 cm³/mol. The number of nitrogens with one attached hydrogen (secondary N) is 1. The molecule has 10 nitrogen and oxygen atoms in total. The number of alkyl halides is 1. The highest BCUT2D eigenvalue weighted by molar-refractivity contribution is 6.03. The number of ether oxygens (including phenoxy) is 3. The third-order valence-corrected chi connectivity index (χ3v) is 6.67. The Morgan fingerprint density at radius 3 is 2.00 bits per heavy atom. The molecule has 11 heteroatoms. The third kappa shape index (κ3) is 6.11. The van der Waals surface area contributed by atoms with Gasteiger partial charge in [-0.2, -0.15) is 4.98 Å². The molecular weight excluding hydrogens is 545 g/mol. The van der Waals surface area contributed by atoms with Gasteiger partial charge in [0.05, 0.1) is 11.1 Å². The molecular formula is C31H26FN3O7. The number of benzene rings is 3. The maximum Gasteiger partial charge on any atom is 0.351 e. The molecule has 0 radical (unpaired) electrons. The number of carbonyl (C=O) groups excluding carboxylic acids is 3. The lowest BCUT2D eigenvalue weighted by Gasteiger charge is -2.27. The summed E-state index contributed by atoms with van der Waals surface area (Å²) in [6, 6.07) is 25.8. The standard InChI is InChI=1S/C31H26FN3O7/c1-31(32)25(42-28(38)22-15-9-4-10-16-22)23(19-40-27(37)21-13-7-3-8-14-21)41-29(31)35-18-17-24(34-30(35)39)33-26(36)20-11-5-2-6-12-20/h2-18,23,25,29H,19H2,1H3,(H,33,34,36,39)/t23-,25?,29+,31+/m1/s1. The zero-order valence-electron chi connectivity index (χ0n) is 22.4. The summed E-state index contributed by atoms with van der Waals surface area (Å²) in [5.41, 5.74) is -2.59. The summed E-state index contributed by atoms with van der Waals surface area (Å²) in [5, 5.41) is 2.52. The molecule has 42 heavy (non-hydrogen) atoms. The number of anilines is 1. The molecule has 0 bridgehead atoms. The van der Waals surface area contributed by atoms with E-state index in [1.54, 1.807) is 78.9 Å². The van der Waals surface area contributed by atoms with E-state index in [1.165, 1.54) is 24.4 Å².